The maximum absolute atomic E-state index is 12.3. The van der Waals surface area contributed by atoms with Crippen molar-refractivity contribution in [3.05, 3.63) is 12.4 Å². The molecule has 0 radical (unpaired) electrons. The highest BCUT2D eigenvalue weighted by molar-refractivity contribution is 7.90. The van der Waals surface area contributed by atoms with Crippen molar-refractivity contribution in [3.8, 4) is 6.07 Å². The summed E-state index contributed by atoms with van der Waals surface area (Å²) in [5, 5.41) is 8.74. The van der Waals surface area contributed by atoms with E-state index in [2.05, 4.69) is 4.98 Å². The van der Waals surface area contributed by atoms with E-state index < -0.39 is 10.2 Å². The lowest BCUT2D eigenvalue weighted by Gasteiger charge is -2.24. The fourth-order valence-electron chi connectivity index (χ4n) is 1.91. The van der Waals surface area contributed by atoms with E-state index in [1.165, 1.54) is 15.7 Å². The molecule has 98 valence electrons. The second kappa shape index (κ2) is 4.59. The van der Waals surface area contributed by atoms with Gasteiger partial charge in [0.05, 0.1) is 18.5 Å². The Kier molecular flexibility index (Phi) is 3.28. The molecule has 0 spiro atoms. The Balaban J connectivity index is 2.21. The van der Waals surface area contributed by atoms with Crippen molar-refractivity contribution in [2.45, 2.75) is 13.5 Å². The maximum Gasteiger partial charge on any atom is 0.306 e. The molecule has 0 saturated heterocycles. The smallest absolute Gasteiger partial charge is 0.306 e. The van der Waals surface area contributed by atoms with Crippen LogP contribution in [-0.2, 0) is 16.8 Å². The first-order valence-electron chi connectivity index (χ1n) is 5.61. The third-order valence-corrected chi connectivity index (χ3v) is 4.72. The van der Waals surface area contributed by atoms with Crippen LogP contribution in [0.4, 0.5) is 5.95 Å². The average molecular weight is 269 g/mol. The molecule has 7 nitrogen and oxygen atoms in total. The van der Waals surface area contributed by atoms with Crippen LogP contribution in [0, 0.1) is 17.2 Å². The summed E-state index contributed by atoms with van der Waals surface area (Å²) < 4.78 is 28.9. The first-order chi connectivity index (χ1) is 8.46. The lowest BCUT2D eigenvalue weighted by molar-refractivity contribution is 0.437. The fraction of sp³-hybridized carbons (Fsp3) is 0.600. The zero-order chi connectivity index (χ0) is 13.3. The van der Waals surface area contributed by atoms with Gasteiger partial charge in [0.25, 0.3) is 0 Å². The predicted molar refractivity (Wildman–Crippen MR) is 65.9 cm³/mol. The molecular formula is C10H15N5O2S. The highest BCUT2D eigenvalue weighted by atomic mass is 32.2. The monoisotopic (exact) mass is 269 g/mol. The molecule has 0 N–H and O–H groups in total. The molecule has 0 aliphatic carbocycles. The van der Waals surface area contributed by atoms with Gasteiger partial charge in [0.2, 0.25) is 5.95 Å². The van der Waals surface area contributed by atoms with Crippen molar-refractivity contribution in [1.29, 1.82) is 5.26 Å². The molecule has 1 aromatic heterocycles. The highest BCUT2D eigenvalue weighted by Gasteiger charge is 2.34. The third kappa shape index (κ3) is 2.07. The van der Waals surface area contributed by atoms with Gasteiger partial charge in [0, 0.05) is 32.5 Å². The van der Waals surface area contributed by atoms with Crippen molar-refractivity contribution in [2.24, 2.45) is 5.92 Å². The molecule has 1 atom stereocenters. The van der Waals surface area contributed by atoms with E-state index in [4.69, 9.17) is 5.26 Å². The molecule has 1 aliphatic rings. The number of anilines is 1. The van der Waals surface area contributed by atoms with Crippen LogP contribution >= 0.6 is 0 Å². The van der Waals surface area contributed by atoms with Crippen molar-refractivity contribution >= 4 is 16.2 Å². The molecule has 8 heteroatoms. The van der Waals surface area contributed by atoms with Gasteiger partial charge in [0.1, 0.15) is 0 Å². The van der Waals surface area contributed by atoms with Gasteiger partial charge in [-0.25, -0.2) is 9.29 Å². The quantitative estimate of drug-likeness (QED) is 0.772. The molecule has 1 aromatic rings. The molecular weight excluding hydrogens is 254 g/mol. The van der Waals surface area contributed by atoms with Crippen LogP contribution in [0.3, 0.4) is 0 Å². The molecule has 0 saturated carbocycles. The minimum atomic E-state index is -3.59. The van der Waals surface area contributed by atoms with Crippen LogP contribution in [-0.4, -0.2) is 42.4 Å². The first-order valence-corrected chi connectivity index (χ1v) is 7.01. The van der Waals surface area contributed by atoms with E-state index in [9.17, 15) is 8.42 Å². The average Bonchev–Trinajstić information content (AvgIpc) is 2.89. The van der Waals surface area contributed by atoms with Crippen molar-refractivity contribution in [2.75, 3.05) is 24.4 Å². The standard InChI is InChI=1S/C10H15N5O2S/c1-9(7-11)8-13(2)18(16,17)15-6-5-14-4-3-12-10(14)15/h3-4,9H,5-6,8H2,1-2H3. The molecule has 0 fully saturated rings. The third-order valence-electron chi connectivity index (χ3n) is 2.88. The van der Waals surface area contributed by atoms with Crippen LogP contribution in [0.15, 0.2) is 12.4 Å². The number of rotatable bonds is 4. The number of fused-ring (bicyclic) bond motifs is 1. The number of imidazole rings is 1. The van der Waals surface area contributed by atoms with Gasteiger partial charge in [-0.2, -0.15) is 18.0 Å². The van der Waals surface area contributed by atoms with Gasteiger partial charge < -0.3 is 4.57 Å². The van der Waals surface area contributed by atoms with Crippen molar-refractivity contribution in [3.63, 3.8) is 0 Å². The predicted octanol–water partition coefficient (Wildman–Crippen LogP) is 0.0394. The molecule has 1 unspecified atom stereocenters. The van der Waals surface area contributed by atoms with Gasteiger partial charge in [-0.15, -0.1) is 0 Å². The molecule has 2 rings (SSSR count). The Hall–Kier alpha value is -1.59. The molecule has 18 heavy (non-hydrogen) atoms. The zero-order valence-corrected chi connectivity index (χ0v) is 11.1. The van der Waals surface area contributed by atoms with E-state index in [0.29, 0.717) is 19.0 Å². The number of aromatic nitrogens is 2. The normalized spacial score (nSPS) is 16.7. The summed E-state index contributed by atoms with van der Waals surface area (Å²) >= 11 is 0. The van der Waals surface area contributed by atoms with Gasteiger partial charge in [-0.05, 0) is 6.92 Å². The SMILES string of the molecule is CC(C#N)CN(C)S(=O)(=O)N1CCn2ccnc21. The Morgan fingerprint density at radius 2 is 2.33 bits per heavy atom. The van der Waals surface area contributed by atoms with E-state index in [1.54, 1.807) is 23.9 Å². The lowest BCUT2D eigenvalue weighted by atomic mass is 10.2. The summed E-state index contributed by atoms with van der Waals surface area (Å²) in [7, 11) is -2.11. The summed E-state index contributed by atoms with van der Waals surface area (Å²) in [6, 6.07) is 2.03. The molecule has 1 aliphatic heterocycles. The number of hydrogen-bond acceptors (Lipinski definition) is 4. The van der Waals surface area contributed by atoms with Gasteiger partial charge in [-0.3, -0.25) is 0 Å². The van der Waals surface area contributed by atoms with Crippen LogP contribution in [0.5, 0.6) is 0 Å². The summed E-state index contributed by atoms with van der Waals surface area (Å²) in [4.78, 5) is 4.04. The Labute approximate surface area is 106 Å². The topological polar surface area (TPSA) is 82.2 Å². The Morgan fingerprint density at radius 3 is 3.00 bits per heavy atom. The minimum Gasteiger partial charge on any atom is -0.315 e. The lowest BCUT2D eigenvalue weighted by Crippen LogP contribution is -2.42. The summed E-state index contributed by atoms with van der Waals surface area (Å²) in [5.74, 6) is 0.0959. The Bertz CT molecular complexity index is 573. The molecule has 0 aromatic carbocycles. The summed E-state index contributed by atoms with van der Waals surface area (Å²) in [5.41, 5.74) is 0. The van der Waals surface area contributed by atoms with Gasteiger partial charge in [-0.1, -0.05) is 0 Å². The largest absolute Gasteiger partial charge is 0.315 e. The first kappa shape index (κ1) is 12.9. The summed E-state index contributed by atoms with van der Waals surface area (Å²) in [6.07, 6.45) is 3.33. The zero-order valence-electron chi connectivity index (χ0n) is 10.3. The van der Waals surface area contributed by atoms with Gasteiger partial charge >= 0.3 is 10.2 Å². The van der Waals surface area contributed by atoms with Gasteiger partial charge in [0.15, 0.2) is 0 Å². The minimum absolute atomic E-state index is 0.177. The van der Waals surface area contributed by atoms with Crippen LogP contribution in [0.2, 0.25) is 0 Å². The Morgan fingerprint density at radius 1 is 1.61 bits per heavy atom. The van der Waals surface area contributed by atoms with E-state index in [-0.39, 0.29) is 12.5 Å². The number of nitriles is 1. The molecule has 0 bridgehead atoms. The van der Waals surface area contributed by atoms with E-state index in [0.717, 1.165) is 0 Å². The second-order valence-electron chi connectivity index (χ2n) is 4.31. The number of nitrogens with zero attached hydrogens (tertiary/aromatic N) is 5. The summed E-state index contributed by atoms with van der Waals surface area (Å²) in [6.45, 7) is 2.86. The van der Waals surface area contributed by atoms with Crippen molar-refractivity contribution < 1.29 is 8.42 Å². The maximum atomic E-state index is 12.3. The van der Waals surface area contributed by atoms with Crippen molar-refractivity contribution in [1.82, 2.24) is 13.9 Å². The highest BCUT2D eigenvalue weighted by Crippen LogP contribution is 2.23. The van der Waals surface area contributed by atoms with Crippen LogP contribution in [0.1, 0.15) is 6.92 Å². The van der Waals surface area contributed by atoms with Crippen LogP contribution in [0.25, 0.3) is 0 Å². The fourth-order valence-corrected chi connectivity index (χ4v) is 3.33. The van der Waals surface area contributed by atoms with E-state index in [1.807, 2.05) is 6.07 Å². The van der Waals surface area contributed by atoms with E-state index >= 15 is 0 Å². The molecule has 2 heterocycles. The van der Waals surface area contributed by atoms with Crippen LogP contribution < -0.4 is 4.31 Å². The second-order valence-corrected chi connectivity index (χ2v) is 6.27. The number of hydrogen-bond donors (Lipinski definition) is 0. The molecule has 0 amide bonds.